The Hall–Kier alpha value is -1.76. The summed E-state index contributed by atoms with van der Waals surface area (Å²) in [6, 6.07) is 0.889. The summed E-state index contributed by atoms with van der Waals surface area (Å²) in [6.45, 7) is 2.98. The monoisotopic (exact) mass is 276 g/mol. The van der Waals surface area contributed by atoms with E-state index >= 15 is 0 Å². The van der Waals surface area contributed by atoms with Crippen LogP contribution in [0.2, 0.25) is 0 Å². The zero-order valence-electron chi connectivity index (χ0n) is 10.8. The number of rotatable bonds is 3. The molecule has 1 aromatic carbocycles. The summed E-state index contributed by atoms with van der Waals surface area (Å²) in [7, 11) is 1.38. The van der Waals surface area contributed by atoms with Crippen molar-refractivity contribution in [3.05, 3.63) is 29.6 Å². The third-order valence-electron chi connectivity index (χ3n) is 2.25. The first-order chi connectivity index (χ1) is 8.61. The standard InChI is InChI=1S/C12H15F3N2O2/c1-12(2,19)6-17(3)11(18)16-8-5-4-7(13)9(14)10(8)15/h4-5,19H,6H2,1-3H3,(H,16,18). The fraction of sp³-hybridized carbons (Fsp3) is 0.417. The molecular weight excluding hydrogens is 261 g/mol. The summed E-state index contributed by atoms with van der Waals surface area (Å²) in [5.41, 5.74) is -1.59. The van der Waals surface area contributed by atoms with E-state index in [1.165, 1.54) is 20.9 Å². The van der Waals surface area contributed by atoms with Crippen LogP contribution in [0.25, 0.3) is 0 Å². The van der Waals surface area contributed by atoms with Crippen molar-refractivity contribution in [1.82, 2.24) is 4.90 Å². The lowest BCUT2D eigenvalue weighted by Crippen LogP contribution is -2.41. The molecule has 1 aromatic rings. The minimum atomic E-state index is -1.65. The molecule has 0 fully saturated rings. The van der Waals surface area contributed by atoms with Gasteiger partial charge in [0.25, 0.3) is 0 Å². The molecule has 0 aromatic heterocycles. The van der Waals surface area contributed by atoms with E-state index in [4.69, 9.17) is 0 Å². The molecule has 0 atom stereocenters. The number of carbonyl (C=O) groups excluding carboxylic acids is 1. The lowest BCUT2D eigenvalue weighted by atomic mass is 10.1. The molecule has 2 N–H and O–H groups in total. The van der Waals surface area contributed by atoms with Crippen molar-refractivity contribution in [2.45, 2.75) is 19.4 Å². The third-order valence-corrected chi connectivity index (χ3v) is 2.25. The van der Waals surface area contributed by atoms with Gasteiger partial charge < -0.3 is 15.3 Å². The molecule has 106 valence electrons. The largest absolute Gasteiger partial charge is 0.389 e. The van der Waals surface area contributed by atoms with Gasteiger partial charge in [0, 0.05) is 7.05 Å². The Labute approximate surface area is 108 Å². The molecule has 0 saturated carbocycles. The van der Waals surface area contributed by atoms with Crippen LogP contribution in [0.3, 0.4) is 0 Å². The summed E-state index contributed by atoms with van der Waals surface area (Å²) >= 11 is 0. The summed E-state index contributed by atoms with van der Waals surface area (Å²) in [4.78, 5) is 12.8. The van der Waals surface area contributed by atoms with Crippen LogP contribution in [0.4, 0.5) is 23.7 Å². The van der Waals surface area contributed by atoms with Gasteiger partial charge in [0.2, 0.25) is 0 Å². The van der Waals surface area contributed by atoms with Crippen molar-refractivity contribution < 1.29 is 23.1 Å². The minimum Gasteiger partial charge on any atom is -0.389 e. The molecule has 19 heavy (non-hydrogen) atoms. The van der Waals surface area contributed by atoms with Gasteiger partial charge >= 0.3 is 6.03 Å². The normalized spacial score (nSPS) is 11.3. The summed E-state index contributed by atoms with van der Waals surface area (Å²) in [5, 5.41) is 11.6. The van der Waals surface area contributed by atoms with E-state index in [1.54, 1.807) is 0 Å². The second kappa shape index (κ2) is 5.48. The number of nitrogens with one attached hydrogen (secondary N) is 1. The molecule has 0 saturated heterocycles. The van der Waals surface area contributed by atoms with Crippen LogP contribution in [0.5, 0.6) is 0 Å². The lowest BCUT2D eigenvalue weighted by molar-refractivity contribution is 0.0550. The maximum atomic E-state index is 13.3. The van der Waals surface area contributed by atoms with Gasteiger partial charge in [-0.15, -0.1) is 0 Å². The first-order valence-corrected chi connectivity index (χ1v) is 5.50. The van der Waals surface area contributed by atoms with Crippen LogP contribution in [-0.2, 0) is 0 Å². The average molecular weight is 276 g/mol. The molecule has 0 aliphatic carbocycles. The number of urea groups is 1. The second-order valence-corrected chi connectivity index (χ2v) is 4.82. The van der Waals surface area contributed by atoms with Crippen molar-refractivity contribution in [2.24, 2.45) is 0 Å². The number of likely N-dealkylation sites (N-methyl/N-ethyl adjacent to an activating group) is 1. The number of amides is 2. The van der Waals surface area contributed by atoms with Crippen molar-refractivity contribution >= 4 is 11.7 Å². The first-order valence-electron chi connectivity index (χ1n) is 5.50. The molecule has 0 aliphatic rings. The third kappa shape index (κ3) is 4.13. The molecule has 0 heterocycles. The Morgan fingerprint density at radius 3 is 2.42 bits per heavy atom. The fourth-order valence-electron chi connectivity index (χ4n) is 1.49. The van der Waals surface area contributed by atoms with Gasteiger partial charge in [0.15, 0.2) is 17.5 Å². The van der Waals surface area contributed by atoms with Crippen LogP contribution in [0.1, 0.15) is 13.8 Å². The molecule has 7 heteroatoms. The van der Waals surface area contributed by atoms with Gasteiger partial charge in [-0.2, -0.15) is 0 Å². The second-order valence-electron chi connectivity index (χ2n) is 4.82. The SMILES string of the molecule is CN(CC(C)(C)O)C(=O)Nc1ccc(F)c(F)c1F. The number of aliphatic hydroxyl groups is 1. The van der Waals surface area contributed by atoms with Crippen LogP contribution >= 0.6 is 0 Å². The highest BCUT2D eigenvalue weighted by atomic mass is 19.2. The zero-order chi connectivity index (χ0) is 14.8. The number of hydrogen-bond acceptors (Lipinski definition) is 2. The smallest absolute Gasteiger partial charge is 0.321 e. The number of benzene rings is 1. The van der Waals surface area contributed by atoms with E-state index in [2.05, 4.69) is 5.32 Å². The maximum Gasteiger partial charge on any atom is 0.321 e. The van der Waals surface area contributed by atoms with Gasteiger partial charge in [-0.25, -0.2) is 18.0 Å². The van der Waals surface area contributed by atoms with Gasteiger partial charge in [0.1, 0.15) is 0 Å². The van der Waals surface area contributed by atoms with E-state index < -0.39 is 34.8 Å². The lowest BCUT2D eigenvalue weighted by Gasteiger charge is -2.25. The minimum absolute atomic E-state index is 0.00979. The Balaban J connectivity index is 2.80. The van der Waals surface area contributed by atoms with E-state index in [-0.39, 0.29) is 6.54 Å². The van der Waals surface area contributed by atoms with Crippen LogP contribution < -0.4 is 5.32 Å². The van der Waals surface area contributed by atoms with Crippen LogP contribution in [0, 0.1) is 17.5 Å². The summed E-state index contributed by atoms with van der Waals surface area (Å²) < 4.78 is 39.0. The number of carbonyl (C=O) groups is 1. The van der Waals surface area contributed by atoms with E-state index in [0.29, 0.717) is 6.07 Å². The predicted molar refractivity (Wildman–Crippen MR) is 64.3 cm³/mol. The maximum absolute atomic E-state index is 13.3. The van der Waals surface area contributed by atoms with Crippen molar-refractivity contribution in [3.8, 4) is 0 Å². The van der Waals surface area contributed by atoms with Crippen LogP contribution in [0.15, 0.2) is 12.1 Å². The fourth-order valence-corrected chi connectivity index (χ4v) is 1.49. The Morgan fingerprint density at radius 2 is 1.89 bits per heavy atom. The van der Waals surface area contributed by atoms with Crippen molar-refractivity contribution in [1.29, 1.82) is 0 Å². The number of anilines is 1. The molecule has 0 bridgehead atoms. The molecule has 2 amide bonds. The predicted octanol–water partition coefficient (Wildman–Crippen LogP) is 2.34. The Kier molecular flexibility index (Phi) is 4.41. The number of hydrogen-bond donors (Lipinski definition) is 2. The van der Waals surface area contributed by atoms with E-state index in [9.17, 15) is 23.1 Å². The summed E-state index contributed by atoms with van der Waals surface area (Å²) in [5.74, 6) is -4.45. The molecular formula is C12H15F3N2O2. The van der Waals surface area contributed by atoms with Gasteiger partial charge in [-0.05, 0) is 26.0 Å². The van der Waals surface area contributed by atoms with E-state index in [0.717, 1.165) is 11.0 Å². The van der Waals surface area contributed by atoms with Crippen LogP contribution in [-0.4, -0.2) is 35.2 Å². The van der Waals surface area contributed by atoms with Gasteiger partial charge in [-0.3, -0.25) is 0 Å². The van der Waals surface area contributed by atoms with Gasteiger partial charge in [0.05, 0.1) is 17.8 Å². The highest BCUT2D eigenvalue weighted by Crippen LogP contribution is 2.20. The molecule has 4 nitrogen and oxygen atoms in total. The topological polar surface area (TPSA) is 52.6 Å². The number of halogens is 3. The Bertz CT molecular complexity index is 487. The first kappa shape index (κ1) is 15.3. The quantitative estimate of drug-likeness (QED) is 0.833. The molecule has 1 rings (SSSR count). The highest BCUT2D eigenvalue weighted by molar-refractivity contribution is 5.89. The highest BCUT2D eigenvalue weighted by Gasteiger charge is 2.21. The van der Waals surface area contributed by atoms with Crippen molar-refractivity contribution in [3.63, 3.8) is 0 Å². The molecule has 0 aliphatic heterocycles. The zero-order valence-corrected chi connectivity index (χ0v) is 10.8. The average Bonchev–Trinajstić information content (AvgIpc) is 2.27. The summed E-state index contributed by atoms with van der Waals surface area (Å²) in [6.07, 6.45) is 0. The molecule has 0 unspecified atom stereocenters. The van der Waals surface area contributed by atoms with E-state index in [1.807, 2.05) is 0 Å². The molecule has 0 spiro atoms. The van der Waals surface area contributed by atoms with Gasteiger partial charge in [-0.1, -0.05) is 0 Å². The molecule has 0 radical (unpaired) electrons. The number of nitrogens with zero attached hydrogens (tertiary/aromatic N) is 1. The van der Waals surface area contributed by atoms with Crippen molar-refractivity contribution in [2.75, 3.05) is 18.9 Å². The Morgan fingerprint density at radius 1 is 1.32 bits per heavy atom.